The molecule has 0 N–H and O–H groups in total. The maximum absolute atomic E-state index is 6.58. The topological polar surface area (TPSA) is 19.6 Å². The SMILES string of the molecule is Cc1cc2c3c(c1)N(c1cccc4oc5ccccc5c14)c1cc4c(cc1B3c1cc(C(C)(C)C)ccc1N2c1ccc(C(C)(C)C)cc1)C(C)(C)CCC4(C)C. The quantitative estimate of drug-likeness (QED) is 0.164. The van der Waals surface area contributed by atoms with E-state index in [2.05, 4.69) is 195 Å². The number of rotatable bonds is 2. The number of hydrogen-bond donors (Lipinski definition) is 0. The zero-order valence-electron chi connectivity index (χ0n) is 35.7. The van der Waals surface area contributed by atoms with E-state index in [0.717, 1.165) is 34.0 Å². The van der Waals surface area contributed by atoms with Gasteiger partial charge in [0.25, 0.3) is 6.71 Å². The van der Waals surface area contributed by atoms with Crippen LogP contribution in [0.5, 0.6) is 0 Å². The van der Waals surface area contributed by atoms with E-state index in [4.69, 9.17) is 4.42 Å². The van der Waals surface area contributed by atoms with E-state index in [1.165, 1.54) is 79.1 Å². The van der Waals surface area contributed by atoms with Gasteiger partial charge in [0.2, 0.25) is 0 Å². The summed E-state index contributed by atoms with van der Waals surface area (Å²) in [6, 6.07) is 41.9. The molecule has 3 aliphatic rings. The van der Waals surface area contributed by atoms with Crippen molar-refractivity contribution in [2.45, 2.75) is 111 Å². The Kier molecular flexibility index (Phi) is 7.56. The predicted molar refractivity (Wildman–Crippen MR) is 245 cm³/mol. The molecule has 10 rings (SSSR count). The van der Waals surface area contributed by atoms with E-state index in [-0.39, 0.29) is 28.4 Å². The number of fused-ring (bicyclic) bond motifs is 8. The molecule has 3 heterocycles. The van der Waals surface area contributed by atoms with Crippen LogP contribution in [0.2, 0.25) is 0 Å². The van der Waals surface area contributed by atoms with E-state index >= 15 is 0 Å². The molecule has 0 unspecified atom stereocenters. The van der Waals surface area contributed by atoms with Crippen molar-refractivity contribution in [2.24, 2.45) is 0 Å². The molecule has 1 aromatic heterocycles. The van der Waals surface area contributed by atoms with Gasteiger partial charge in [-0.05, 0) is 140 Å². The summed E-state index contributed by atoms with van der Waals surface area (Å²) < 4.78 is 6.58. The highest BCUT2D eigenvalue weighted by Gasteiger charge is 2.47. The summed E-state index contributed by atoms with van der Waals surface area (Å²) in [7, 11) is 0. The second-order valence-corrected chi connectivity index (χ2v) is 20.6. The molecular weight excluding hydrogens is 691 g/mol. The maximum atomic E-state index is 6.58. The molecule has 7 aromatic rings. The molecule has 0 bridgehead atoms. The van der Waals surface area contributed by atoms with Crippen LogP contribution in [-0.2, 0) is 21.7 Å². The summed E-state index contributed by atoms with van der Waals surface area (Å²) >= 11 is 0. The number of nitrogens with zero attached hydrogens (tertiary/aromatic N) is 2. The lowest BCUT2D eigenvalue weighted by molar-refractivity contribution is 0.332. The lowest BCUT2D eigenvalue weighted by Crippen LogP contribution is -2.62. The second kappa shape index (κ2) is 11.9. The first kappa shape index (κ1) is 36.1. The van der Waals surface area contributed by atoms with Crippen molar-refractivity contribution in [3.8, 4) is 0 Å². The van der Waals surface area contributed by atoms with Crippen molar-refractivity contribution in [3.05, 3.63) is 137 Å². The third kappa shape index (κ3) is 5.39. The summed E-state index contributed by atoms with van der Waals surface area (Å²) in [6.45, 7) is 26.1. The largest absolute Gasteiger partial charge is 0.456 e. The van der Waals surface area contributed by atoms with Crippen LogP contribution in [0.3, 0.4) is 0 Å². The molecule has 2 aliphatic heterocycles. The van der Waals surface area contributed by atoms with Gasteiger partial charge in [-0.15, -0.1) is 0 Å². The van der Waals surface area contributed by atoms with Gasteiger partial charge in [-0.2, -0.15) is 0 Å². The Hall–Kier alpha value is -5.22. The van der Waals surface area contributed by atoms with Crippen LogP contribution in [0.15, 0.2) is 114 Å². The van der Waals surface area contributed by atoms with Crippen LogP contribution < -0.4 is 26.2 Å². The first-order valence-electron chi connectivity index (χ1n) is 21.0. The Morgan fingerprint density at radius 3 is 1.82 bits per heavy atom. The standard InChI is InChI=1S/C53H55BN2O/c1-32-27-44-49-45(28-32)56(42-16-14-18-47-48(42)36-15-12-13-17-46(36)57-47)43-31-38-37(52(8,9)25-26-53(38,10)11)30-40(43)54(49)39-29-34(51(5,6)7)21-24-41(39)55(44)35-22-19-33(20-23-35)50(2,3)4/h12-24,27-31H,25-26H2,1-11H3. The highest BCUT2D eigenvalue weighted by Crippen LogP contribution is 2.52. The summed E-state index contributed by atoms with van der Waals surface area (Å²) in [5.41, 5.74) is 20.4. The minimum absolute atomic E-state index is 0.00597. The Morgan fingerprint density at radius 2 is 1.14 bits per heavy atom. The molecule has 6 aromatic carbocycles. The van der Waals surface area contributed by atoms with Crippen molar-refractivity contribution in [1.29, 1.82) is 0 Å². The zero-order valence-corrected chi connectivity index (χ0v) is 35.7. The van der Waals surface area contributed by atoms with E-state index in [9.17, 15) is 0 Å². The third-order valence-corrected chi connectivity index (χ3v) is 13.7. The number of aryl methyl sites for hydroxylation is 1. The highest BCUT2D eigenvalue weighted by atomic mass is 16.3. The summed E-state index contributed by atoms with van der Waals surface area (Å²) in [6.07, 6.45) is 2.34. The van der Waals surface area contributed by atoms with Gasteiger partial charge in [-0.1, -0.05) is 124 Å². The van der Waals surface area contributed by atoms with Crippen molar-refractivity contribution in [2.75, 3.05) is 9.80 Å². The minimum atomic E-state index is -0.00597. The normalized spacial score (nSPS) is 16.7. The maximum Gasteiger partial charge on any atom is 0.252 e. The minimum Gasteiger partial charge on any atom is -0.456 e. The fourth-order valence-electron chi connectivity index (χ4n) is 10.3. The van der Waals surface area contributed by atoms with Gasteiger partial charge in [0.15, 0.2) is 0 Å². The predicted octanol–water partition coefficient (Wildman–Crippen LogP) is 12.9. The number of benzene rings is 6. The lowest BCUT2D eigenvalue weighted by atomic mass is 9.33. The van der Waals surface area contributed by atoms with Crippen LogP contribution in [0.25, 0.3) is 21.9 Å². The van der Waals surface area contributed by atoms with Crippen molar-refractivity contribution >= 4 is 79.2 Å². The summed E-state index contributed by atoms with van der Waals surface area (Å²) in [4.78, 5) is 5.17. The van der Waals surface area contributed by atoms with Crippen molar-refractivity contribution in [1.82, 2.24) is 0 Å². The van der Waals surface area contributed by atoms with Gasteiger partial charge < -0.3 is 14.2 Å². The molecule has 0 amide bonds. The molecule has 57 heavy (non-hydrogen) atoms. The van der Waals surface area contributed by atoms with E-state index in [1.54, 1.807) is 0 Å². The van der Waals surface area contributed by atoms with E-state index in [0.29, 0.717) is 0 Å². The number of hydrogen-bond acceptors (Lipinski definition) is 3. The molecular formula is C53H55BN2O. The molecule has 1 aliphatic carbocycles. The first-order chi connectivity index (χ1) is 26.9. The lowest BCUT2D eigenvalue weighted by Gasteiger charge is -2.47. The monoisotopic (exact) mass is 746 g/mol. The second-order valence-electron chi connectivity index (χ2n) is 20.6. The van der Waals surface area contributed by atoms with Crippen molar-refractivity contribution in [3.63, 3.8) is 0 Å². The highest BCUT2D eigenvalue weighted by molar-refractivity contribution is 7.00. The Balaban J connectivity index is 1.35. The van der Waals surface area contributed by atoms with Gasteiger partial charge in [-0.25, -0.2) is 0 Å². The molecule has 0 saturated carbocycles. The molecule has 3 nitrogen and oxygen atoms in total. The Labute approximate surface area is 339 Å². The van der Waals surface area contributed by atoms with Crippen LogP contribution in [-0.4, -0.2) is 6.71 Å². The molecule has 4 heteroatoms. The summed E-state index contributed by atoms with van der Waals surface area (Å²) in [5.74, 6) is 0. The molecule has 0 fully saturated rings. The average Bonchev–Trinajstić information content (AvgIpc) is 3.54. The fourth-order valence-corrected chi connectivity index (χ4v) is 10.3. The van der Waals surface area contributed by atoms with Crippen LogP contribution in [0.4, 0.5) is 34.1 Å². The smallest absolute Gasteiger partial charge is 0.252 e. The van der Waals surface area contributed by atoms with E-state index < -0.39 is 0 Å². The van der Waals surface area contributed by atoms with Gasteiger partial charge in [0, 0.05) is 33.8 Å². The van der Waals surface area contributed by atoms with Gasteiger partial charge in [0.05, 0.1) is 11.1 Å². The Morgan fingerprint density at radius 1 is 0.544 bits per heavy atom. The van der Waals surface area contributed by atoms with E-state index in [1.807, 2.05) is 0 Å². The molecule has 0 saturated heterocycles. The molecule has 0 radical (unpaired) electrons. The number of furan rings is 1. The summed E-state index contributed by atoms with van der Waals surface area (Å²) in [5, 5.41) is 2.30. The van der Waals surface area contributed by atoms with Crippen LogP contribution in [0.1, 0.15) is 110 Å². The molecule has 286 valence electrons. The molecule has 0 spiro atoms. The number of anilines is 6. The number of para-hydroxylation sites is 1. The zero-order chi connectivity index (χ0) is 40.0. The average molecular weight is 747 g/mol. The third-order valence-electron chi connectivity index (χ3n) is 13.7. The van der Waals surface area contributed by atoms with Gasteiger partial charge in [0.1, 0.15) is 11.2 Å². The Bertz CT molecular complexity index is 2790. The first-order valence-corrected chi connectivity index (χ1v) is 21.0. The molecule has 0 atom stereocenters. The van der Waals surface area contributed by atoms with Crippen molar-refractivity contribution < 1.29 is 4.42 Å². The van der Waals surface area contributed by atoms with Gasteiger partial charge in [-0.3, -0.25) is 0 Å². The van der Waals surface area contributed by atoms with Gasteiger partial charge >= 0.3 is 0 Å². The fraction of sp³-hybridized carbons (Fsp3) is 0.321. The van der Waals surface area contributed by atoms with Crippen LogP contribution >= 0.6 is 0 Å². The van der Waals surface area contributed by atoms with Crippen LogP contribution in [0, 0.1) is 6.92 Å².